The summed E-state index contributed by atoms with van der Waals surface area (Å²) >= 11 is 1.71. The Labute approximate surface area is 127 Å². The number of anilines is 1. The Bertz CT molecular complexity index is 712. The molecule has 0 saturated heterocycles. The van der Waals surface area contributed by atoms with Gasteiger partial charge in [-0.1, -0.05) is 30.0 Å². The van der Waals surface area contributed by atoms with Gasteiger partial charge in [0.2, 0.25) is 0 Å². The van der Waals surface area contributed by atoms with Crippen molar-refractivity contribution in [3.63, 3.8) is 0 Å². The van der Waals surface area contributed by atoms with E-state index >= 15 is 0 Å². The molecule has 0 saturated carbocycles. The third-order valence-electron chi connectivity index (χ3n) is 3.11. The predicted octanol–water partition coefficient (Wildman–Crippen LogP) is 3.78. The second kappa shape index (κ2) is 6.54. The van der Waals surface area contributed by atoms with E-state index in [1.807, 2.05) is 36.4 Å². The van der Waals surface area contributed by atoms with Crippen LogP contribution in [0.2, 0.25) is 0 Å². The van der Waals surface area contributed by atoms with Crippen LogP contribution in [0.1, 0.15) is 0 Å². The zero-order chi connectivity index (χ0) is 14.5. The van der Waals surface area contributed by atoms with E-state index in [9.17, 15) is 0 Å². The Kier molecular flexibility index (Phi) is 4.31. The minimum Gasteiger partial charge on any atom is -0.497 e. The number of fused-ring (bicyclic) bond motifs is 1. The maximum Gasteiger partial charge on any atom is 0.166 e. The second-order valence-electron chi connectivity index (χ2n) is 4.57. The monoisotopic (exact) mass is 299 g/mol. The summed E-state index contributed by atoms with van der Waals surface area (Å²) in [6.07, 6.45) is 0. The van der Waals surface area contributed by atoms with Crippen molar-refractivity contribution in [2.45, 2.75) is 5.16 Å². The molecule has 1 aromatic heterocycles. The SMILES string of the molecule is COc1ccc2nc(SCCNc3ccccc3)[nH]c2c1. The summed E-state index contributed by atoms with van der Waals surface area (Å²) in [6.45, 7) is 0.898. The number of methoxy groups -OCH3 is 1. The Morgan fingerprint density at radius 2 is 2.05 bits per heavy atom. The molecule has 21 heavy (non-hydrogen) atoms. The number of imidazole rings is 1. The average molecular weight is 299 g/mol. The quantitative estimate of drug-likeness (QED) is 0.537. The number of nitrogens with zero attached hydrogens (tertiary/aromatic N) is 1. The summed E-state index contributed by atoms with van der Waals surface area (Å²) in [6, 6.07) is 16.1. The first kappa shape index (κ1) is 13.8. The first-order valence-corrected chi connectivity index (χ1v) is 7.79. The van der Waals surface area contributed by atoms with Crippen molar-refractivity contribution in [3.8, 4) is 5.75 Å². The van der Waals surface area contributed by atoms with Gasteiger partial charge in [0, 0.05) is 24.1 Å². The van der Waals surface area contributed by atoms with Crippen molar-refractivity contribution in [1.29, 1.82) is 0 Å². The minimum absolute atomic E-state index is 0.841. The van der Waals surface area contributed by atoms with Crippen LogP contribution in [0, 0.1) is 0 Å². The molecule has 3 aromatic rings. The molecular formula is C16H17N3OS. The molecule has 2 aromatic carbocycles. The fraction of sp³-hybridized carbons (Fsp3) is 0.188. The number of H-pyrrole nitrogens is 1. The van der Waals surface area contributed by atoms with E-state index < -0.39 is 0 Å². The Morgan fingerprint density at radius 3 is 2.86 bits per heavy atom. The van der Waals surface area contributed by atoms with Crippen LogP contribution in [0.25, 0.3) is 11.0 Å². The summed E-state index contributed by atoms with van der Waals surface area (Å²) in [5, 5.41) is 4.32. The third-order valence-corrected chi connectivity index (χ3v) is 3.99. The van der Waals surface area contributed by atoms with E-state index in [-0.39, 0.29) is 0 Å². The molecule has 0 aliphatic carbocycles. The van der Waals surface area contributed by atoms with Gasteiger partial charge in [0.15, 0.2) is 5.16 Å². The van der Waals surface area contributed by atoms with Crippen LogP contribution >= 0.6 is 11.8 Å². The topological polar surface area (TPSA) is 49.9 Å². The van der Waals surface area contributed by atoms with Crippen molar-refractivity contribution in [3.05, 3.63) is 48.5 Å². The number of ether oxygens (including phenoxy) is 1. The van der Waals surface area contributed by atoms with Crippen molar-refractivity contribution in [1.82, 2.24) is 9.97 Å². The highest BCUT2D eigenvalue weighted by molar-refractivity contribution is 7.99. The molecule has 0 unspecified atom stereocenters. The number of rotatable bonds is 6. The maximum atomic E-state index is 5.21. The Hall–Kier alpha value is -2.14. The molecule has 0 radical (unpaired) electrons. The lowest BCUT2D eigenvalue weighted by atomic mass is 10.3. The zero-order valence-corrected chi connectivity index (χ0v) is 12.6. The summed E-state index contributed by atoms with van der Waals surface area (Å²) in [7, 11) is 1.67. The van der Waals surface area contributed by atoms with Crippen LogP contribution in [0.4, 0.5) is 5.69 Å². The molecule has 0 aliphatic heterocycles. The van der Waals surface area contributed by atoms with Gasteiger partial charge in [0.25, 0.3) is 0 Å². The van der Waals surface area contributed by atoms with Crippen LogP contribution < -0.4 is 10.1 Å². The van der Waals surface area contributed by atoms with Crippen LogP contribution in [0.15, 0.2) is 53.7 Å². The van der Waals surface area contributed by atoms with E-state index in [0.717, 1.165) is 39.9 Å². The normalized spacial score (nSPS) is 10.7. The van der Waals surface area contributed by atoms with Crippen LogP contribution in [0.3, 0.4) is 0 Å². The van der Waals surface area contributed by atoms with E-state index in [0.29, 0.717) is 0 Å². The molecule has 108 valence electrons. The van der Waals surface area contributed by atoms with Crippen LogP contribution in [-0.2, 0) is 0 Å². The van der Waals surface area contributed by atoms with Gasteiger partial charge >= 0.3 is 0 Å². The van der Waals surface area contributed by atoms with E-state index in [1.165, 1.54) is 0 Å². The number of thioether (sulfide) groups is 1. The van der Waals surface area contributed by atoms with Gasteiger partial charge in [-0.3, -0.25) is 0 Å². The first-order valence-electron chi connectivity index (χ1n) is 6.80. The van der Waals surface area contributed by atoms with Gasteiger partial charge < -0.3 is 15.0 Å². The predicted molar refractivity (Wildman–Crippen MR) is 88.3 cm³/mol. The standard InChI is InChI=1S/C16H17N3OS/c1-20-13-7-8-14-15(11-13)19-16(18-14)21-10-9-17-12-5-3-2-4-6-12/h2-8,11,17H,9-10H2,1H3,(H,18,19). The summed E-state index contributed by atoms with van der Waals surface area (Å²) in [4.78, 5) is 7.87. The van der Waals surface area contributed by atoms with Gasteiger partial charge in [-0.2, -0.15) is 0 Å². The van der Waals surface area contributed by atoms with Crippen molar-refractivity contribution in [2.24, 2.45) is 0 Å². The number of nitrogens with one attached hydrogen (secondary N) is 2. The number of hydrogen-bond donors (Lipinski definition) is 2. The number of aromatic amines is 1. The highest BCUT2D eigenvalue weighted by atomic mass is 32.2. The molecule has 2 N–H and O–H groups in total. The highest BCUT2D eigenvalue weighted by Gasteiger charge is 2.04. The smallest absolute Gasteiger partial charge is 0.166 e. The number of benzene rings is 2. The van der Waals surface area contributed by atoms with Gasteiger partial charge in [0.05, 0.1) is 18.1 Å². The van der Waals surface area contributed by atoms with Crippen molar-refractivity contribution >= 4 is 28.5 Å². The number of hydrogen-bond acceptors (Lipinski definition) is 4. The zero-order valence-electron chi connectivity index (χ0n) is 11.8. The van der Waals surface area contributed by atoms with E-state index in [1.54, 1.807) is 18.9 Å². The summed E-state index contributed by atoms with van der Waals surface area (Å²) in [5.41, 5.74) is 3.12. The summed E-state index contributed by atoms with van der Waals surface area (Å²) < 4.78 is 5.21. The molecule has 0 aliphatic rings. The number of aromatic nitrogens is 2. The largest absolute Gasteiger partial charge is 0.497 e. The van der Waals surface area contributed by atoms with E-state index in [4.69, 9.17) is 4.74 Å². The molecule has 5 heteroatoms. The number of para-hydroxylation sites is 1. The fourth-order valence-electron chi connectivity index (χ4n) is 2.06. The van der Waals surface area contributed by atoms with Gasteiger partial charge in [-0.25, -0.2) is 4.98 Å². The molecule has 0 amide bonds. The van der Waals surface area contributed by atoms with Crippen LogP contribution in [-0.4, -0.2) is 29.4 Å². The van der Waals surface area contributed by atoms with Gasteiger partial charge in [-0.15, -0.1) is 0 Å². The minimum atomic E-state index is 0.841. The van der Waals surface area contributed by atoms with Gasteiger partial charge in [-0.05, 0) is 24.3 Å². The Morgan fingerprint density at radius 1 is 1.19 bits per heavy atom. The molecule has 4 nitrogen and oxygen atoms in total. The first-order chi connectivity index (χ1) is 10.3. The van der Waals surface area contributed by atoms with Crippen molar-refractivity contribution in [2.75, 3.05) is 24.7 Å². The Balaban J connectivity index is 1.55. The third kappa shape index (κ3) is 3.49. The molecular weight excluding hydrogens is 282 g/mol. The second-order valence-corrected chi connectivity index (χ2v) is 5.65. The van der Waals surface area contributed by atoms with Crippen LogP contribution in [0.5, 0.6) is 5.75 Å². The summed E-state index contributed by atoms with van der Waals surface area (Å²) in [5.74, 6) is 1.79. The molecule has 3 rings (SSSR count). The lowest BCUT2D eigenvalue weighted by molar-refractivity contribution is 0.415. The molecule has 1 heterocycles. The fourth-order valence-corrected chi connectivity index (χ4v) is 2.80. The lowest BCUT2D eigenvalue weighted by Gasteiger charge is -2.04. The maximum absolute atomic E-state index is 5.21. The van der Waals surface area contributed by atoms with Crippen molar-refractivity contribution < 1.29 is 4.74 Å². The van der Waals surface area contributed by atoms with Gasteiger partial charge in [0.1, 0.15) is 5.75 Å². The highest BCUT2D eigenvalue weighted by Crippen LogP contribution is 2.23. The average Bonchev–Trinajstić information content (AvgIpc) is 2.94. The molecule has 0 bridgehead atoms. The molecule has 0 fully saturated rings. The molecule has 0 atom stereocenters. The lowest BCUT2D eigenvalue weighted by Crippen LogP contribution is -2.03. The molecule has 0 spiro atoms. The van der Waals surface area contributed by atoms with E-state index in [2.05, 4.69) is 27.4 Å².